The number of H-pyrrole nitrogens is 1. The maximum atomic E-state index is 13.9. The highest BCUT2D eigenvalue weighted by Crippen LogP contribution is 2.28. The van der Waals surface area contributed by atoms with Crippen LogP contribution >= 0.6 is 23.4 Å². The molecule has 0 amide bonds. The van der Waals surface area contributed by atoms with Crippen molar-refractivity contribution in [3.63, 3.8) is 0 Å². The normalized spacial score (nSPS) is 11.3. The molecule has 0 fully saturated rings. The molecule has 0 spiro atoms. The molecule has 126 valence electrons. The number of halogens is 2. The first kappa shape index (κ1) is 17.0. The zero-order valence-corrected chi connectivity index (χ0v) is 14.8. The number of aryl methyl sites for hydroxylation is 1. The predicted molar refractivity (Wildman–Crippen MR) is 93.3 cm³/mol. The Kier molecular flexibility index (Phi) is 4.91. The van der Waals surface area contributed by atoms with E-state index in [1.165, 1.54) is 17.8 Å². The van der Waals surface area contributed by atoms with Gasteiger partial charge in [0.1, 0.15) is 5.82 Å². The van der Waals surface area contributed by atoms with E-state index in [0.29, 0.717) is 32.8 Å². The average Bonchev–Trinajstić information content (AvgIpc) is 2.94. The van der Waals surface area contributed by atoms with Gasteiger partial charge in [0.05, 0.1) is 0 Å². The summed E-state index contributed by atoms with van der Waals surface area (Å²) in [6.07, 6.45) is 1.62. The first-order valence-corrected chi connectivity index (χ1v) is 8.91. The van der Waals surface area contributed by atoms with Crippen molar-refractivity contribution >= 4 is 29.1 Å². The minimum atomic E-state index is -0.345. The standard InChI is InChI=1S/C16H16ClFN4OS/c1-3-5-13-9(2)14(23)19-15-20-21-16(22(13)15)24-8-10-11(17)6-4-7-12(10)18/h4,6-7H,3,5,8H2,1-2H3,(H,19,20,23). The summed E-state index contributed by atoms with van der Waals surface area (Å²) in [4.78, 5) is 14.7. The number of aromatic amines is 1. The van der Waals surface area contributed by atoms with Crippen LogP contribution in [0.2, 0.25) is 5.02 Å². The Hall–Kier alpha value is -1.86. The summed E-state index contributed by atoms with van der Waals surface area (Å²) >= 11 is 7.41. The third kappa shape index (κ3) is 3.06. The molecule has 0 bridgehead atoms. The van der Waals surface area contributed by atoms with Crippen molar-refractivity contribution < 1.29 is 4.39 Å². The molecular formula is C16H16ClFN4OS. The van der Waals surface area contributed by atoms with Gasteiger partial charge >= 0.3 is 0 Å². The number of aromatic nitrogens is 4. The van der Waals surface area contributed by atoms with Crippen molar-refractivity contribution in [2.24, 2.45) is 0 Å². The van der Waals surface area contributed by atoms with Gasteiger partial charge in [-0.05, 0) is 25.5 Å². The molecule has 2 heterocycles. The van der Waals surface area contributed by atoms with Crippen LogP contribution in [0.4, 0.5) is 4.39 Å². The minimum absolute atomic E-state index is 0.160. The summed E-state index contributed by atoms with van der Waals surface area (Å²) in [5.41, 5.74) is 1.80. The van der Waals surface area contributed by atoms with Crippen molar-refractivity contribution in [1.29, 1.82) is 0 Å². The highest BCUT2D eigenvalue weighted by Gasteiger charge is 2.16. The highest BCUT2D eigenvalue weighted by molar-refractivity contribution is 7.98. The summed E-state index contributed by atoms with van der Waals surface area (Å²) in [5.74, 6) is 0.383. The van der Waals surface area contributed by atoms with Crippen LogP contribution in [-0.4, -0.2) is 19.6 Å². The van der Waals surface area contributed by atoms with Gasteiger partial charge in [-0.15, -0.1) is 10.2 Å². The second-order valence-electron chi connectivity index (χ2n) is 5.41. The Morgan fingerprint density at radius 2 is 2.17 bits per heavy atom. The first-order chi connectivity index (χ1) is 11.5. The third-order valence-corrected chi connectivity index (χ3v) is 5.11. The first-order valence-electron chi connectivity index (χ1n) is 7.55. The number of hydrogen-bond donors (Lipinski definition) is 1. The molecule has 1 N–H and O–H groups in total. The van der Waals surface area contributed by atoms with Crippen LogP contribution in [0.5, 0.6) is 0 Å². The van der Waals surface area contributed by atoms with E-state index >= 15 is 0 Å². The molecule has 0 radical (unpaired) electrons. The van der Waals surface area contributed by atoms with Crippen LogP contribution in [-0.2, 0) is 12.2 Å². The predicted octanol–water partition coefficient (Wildman–Crippen LogP) is 3.76. The van der Waals surface area contributed by atoms with E-state index in [-0.39, 0.29) is 11.4 Å². The van der Waals surface area contributed by atoms with Gasteiger partial charge < -0.3 is 0 Å². The number of rotatable bonds is 5. The van der Waals surface area contributed by atoms with Crippen LogP contribution in [0.3, 0.4) is 0 Å². The molecule has 0 unspecified atom stereocenters. The molecule has 24 heavy (non-hydrogen) atoms. The molecular weight excluding hydrogens is 351 g/mol. The van der Waals surface area contributed by atoms with Crippen LogP contribution in [0.25, 0.3) is 5.78 Å². The smallest absolute Gasteiger partial charge is 0.255 e. The van der Waals surface area contributed by atoms with Crippen molar-refractivity contribution in [2.75, 3.05) is 0 Å². The fourth-order valence-corrected chi connectivity index (χ4v) is 3.83. The van der Waals surface area contributed by atoms with Crippen molar-refractivity contribution in [1.82, 2.24) is 19.6 Å². The van der Waals surface area contributed by atoms with Gasteiger partial charge in [0.2, 0.25) is 5.78 Å². The summed E-state index contributed by atoms with van der Waals surface area (Å²) in [5, 5.41) is 9.15. The maximum Gasteiger partial charge on any atom is 0.255 e. The summed E-state index contributed by atoms with van der Waals surface area (Å²) < 4.78 is 15.8. The molecule has 2 aromatic heterocycles. The minimum Gasteiger partial charge on any atom is -0.290 e. The summed E-state index contributed by atoms with van der Waals surface area (Å²) in [7, 11) is 0. The lowest BCUT2D eigenvalue weighted by atomic mass is 10.1. The Morgan fingerprint density at radius 3 is 2.88 bits per heavy atom. The molecule has 5 nitrogen and oxygen atoms in total. The number of thioether (sulfide) groups is 1. The lowest BCUT2D eigenvalue weighted by Gasteiger charge is -2.09. The van der Waals surface area contributed by atoms with Gasteiger partial charge in [0.15, 0.2) is 5.16 Å². The number of fused-ring (bicyclic) bond motifs is 1. The van der Waals surface area contributed by atoms with Gasteiger partial charge in [0.25, 0.3) is 5.56 Å². The molecule has 0 aliphatic carbocycles. The van der Waals surface area contributed by atoms with Crippen molar-refractivity contribution in [2.45, 2.75) is 37.6 Å². The van der Waals surface area contributed by atoms with E-state index < -0.39 is 0 Å². The van der Waals surface area contributed by atoms with Crippen LogP contribution in [0.1, 0.15) is 30.2 Å². The fourth-order valence-electron chi connectivity index (χ4n) is 2.52. The molecule has 0 atom stereocenters. The second kappa shape index (κ2) is 6.94. The van der Waals surface area contributed by atoms with Crippen LogP contribution < -0.4 is 5.56 Å². The molecule has 0 saturated heterocycles. The summed E-state index contributed by atoms with van der Waals surface area (Å²) in [6, 6.07) is 4.62. The molecule has 8 heteroatoms. The Morgan fingerprint density at radius 1 is 1.38 bits per heavy atom. The molecule has 3 rings (SSSR count). The highest BCUT2D eigenvalue weighted by atomic mass is 35.5. The van der Waals surface area contributed by atoms with Crippen LogP contribution in [0, 0.1) is 12.7 Å². The zero-order chi connectivity index (χ0) is 17.3. The van der Waals surface area contributed by atoms with Crippen LogP contribution in [0.15, 0.2) is 28.2 Å². The number of hydrogen-bond acceptors (Lipinski definition) is 4. The molecule has 0 aliphatic rings. The Bertz CT molecular complexity index is 933. The maximum absolute atomic E-state index is 13.9. The zero-order valence-electron chi connectivity index (χ0n) is 13.3. The van der Waals surface area contributed by atoms with Gasteiger partial charge in [0, 0.05) is 27.6 Å². The monoisotopic (exact) mass is 366 g/mol. The number of nitrogens with one attached hydrogen (secondary N) is 1. The van der Waals surface area contributed by atoms with E-state index in [4.69, 9.17) is 11.6 Å². The van der Waals surface area contributed by atoms with Gasteiger partial charge in [-0.3, -0.25) is 14.2 Å². The van der Waals surface area contributed by atoms with E-state index in [9.17, 15) is 9.18 Å². The lowest BCUT2D eigenvalue weighted by Crippen LogP contribution is -2.17. The van der Waals surface area contributed by atoms with Crippen molar-refractivity contribution in [3.8, 4) is 0 Å². The van der Waals surface area contributed by atoms with Crippen molar-refractivity contribution in [3.05, 3.63) is 56.2 Å². The Balaban J connectivity index is 2.01. The van der Waals surface area contributed by atoms with Gasteiger partial charge in [-0.1, -0.05) is 42.8 Å². The topological polar surface area (TPSA) is 63.0 Å². The SMILES string of the molecule is CCCc1c(C)c(=O)[nH]c2nnc(SCc3c(F)cccc3Cl)n12. The third-order valence-electron chi connectivity index (χ3n) is 3.80. The number of nitrogens with zero attached hydrogens (tertiary/aromatic N) is 3. The molecule has 0 saturated carbocycles. The molecule has 3 aromatic rings. The quantitative estimate of drug-likeness (QED) is 0.698. The largest absolute Gasteiger partial charge is 0.290 e. The summed E-state index contributed by atoms with van der Waals surface area (Å²) in [6.45, 7) is 3.83. The second-order valence-corrected chi connectivity index (χ2v) is 6.76. The van der Waals surface area contributed by atoms with E-state index in [0.717, 1.165) is 18.5 Å². The lowest BCUT2D eigenvalue weighted by molar-refractivity contribution is 0.617. The van der Waals surface area contributed by atoms with Gasteiger partial charge in [-0.25, -0.2) is 4.39 Å². The average molecular weight is 367 g/mol. The Labute approximate surface area is 147 Å². The van der Waals surface area contributed by atoms with E-state index in [1.54, 1.807) is 19.1 Å². The van der Waals surface area contributed by atoms with Gasteiger partial charge in [-0.2, -0.15) is 0 Å². The fraction of sp³-hybridized carbons (Fsp3) is 0.312. The van der Waals surface area contributed by atoms with E-state index in [1.807, 2.05) is 11.3 Å². The molecule has 0 aliphatic heterocycles. The number of benzene rings is 1. The molecule has 1 aromatic carbocycles. The van der Waals surface area contributed by atoms with E-state index in [2.05, 4.69) is 15.2 Å².